The van der Waals surface area contributed by atoms with Crippen LogP contribution in [0, 0.1) is 27.7 Å². The Labute approximate surface area is 188 Å². The third kappa shape index (κ3) is 3.86. The van der Waals surface area contributed by atoms with Crippen LogP contribution >= 0.6 is 0 Å². The Morgan fingerprint density at radius 3 is 2.59 bits per heavy atom. The molecule has 2 aromatic carbocycles. The molecular weight excluding hydrogens is 400 g/mol. The minimum absolute atomic E-state index is 0.196. The van der Waals surface area contributed by atoms with Crippen LogP contribution < -0.4 is 10.1 Å². The molecule has 0 unspecified atom stereocenters. The SMILES string of the molecule is CCOc1c(/C(C)=C/C(=O)Nc2cc(C)nc3ccccc23)cc2c(C)c(C)oc2c1C. The van der Waals surface area contributed by atoms with Gasteiger partial charge < -0.3 is 14.5 Å². The monoisotopic (exact) mass is 428 g/mol. The Morgan fingerprint density at radius 1 is 1.09 bits per heavy atom. The Kier molecular flexibility index (Phi) is 5.74. The molecule has 0 saturated carbocycles. The molecule has 32 heavy (non-hydrogen) atoms. The number of fused-ring (bicyclic) bond motifs is 2. The highest BCUT2D eigenvalue weighted by Gasteiger charge is 2.19. The smallest absolute Gasteiger partial charge is 0.248 e. The second kappa shape index (κ2) is 8.50. The molecule has 1 N–H and O–H groups in total. The van der Waals surface area contributed by atoms with Crippen LogP contribution in [0.1, 0.15) is 42.0 Å². The van der Waals surface area contributed by atoms with Crippen molar-refractivity contribution in [3.63, 3.8) is 0 Å². The summed E-state index contributed by atoms with van der Waals surface area (Å²) in [5, 5.41) is 4.99. The van der Waals surface area contributed by atoms with Gasteiger partial charge in [-0.3, -0.25) is 9.78 Å². The van der Waals surface area contributed by atoms with E-state index in [9.17, 15) is 4.79 Å². The minimum Gasteiger partial charge on any atom is -0.493 e. The number of benzene rings is 2. The van der Waals surface area contributed by atoms with Gasteiger partial charge in [-0.2, -0.15) is 0 Å². The molecule has 0 aliphatic carbocycles. The number of furan rings is 1. The normalized spacial score (nSPS) is 11.9. The van der Waals surface area contributed by atoms with Crippen LogP contribution in [0.3, 0.4) is 0 Å². The first-order chi connectivity index (χ1) is 15.3. The molecule has 0 radical (unpaired) electrons. The van der Waals surface area contributed by atoms with Gasteiger partial charge in [-0.15, -0.1) is 0 Å². The van der Waals surface area contributed by atoms with Gasteiger partial charge in [-0.1, -0.05) is 18.2 Å². The van der Waals surface area contributed by atoms with Crippen molar-refractivity contribution in [1.82, 2.24) is 4.98 Å². The van der Waals surface area contributed by atoms with Crippen LogP contribution in [-0.4, -0.2) is 17.5 Å². The molecule has 4 rings (SSSR count). The third-order valence-electron chi connectivity index (χ3n) is 5.81. The maximum atomic E-state index is 13.0. The fourth-order valence-electron chi connectivity index (χ4n) is 4.09. The van der Waals surface area contributed by atoms with Crippen molar-refractivity contribution in [2.45, 2.75) is 41.5 Å². The zero-order valence-electron chi connectivity index (χ0n) is 19.4. The largest absolute Gasteiger partial charge is 0.493 e. The van der Waals surface area contributed by atoms with Gasteiger partial charge in [0.05, 0.1) is 17.8 Å². The van der Waals surface area contributed by atoms with E-state index in [1.807, 2.05) is 71.9 Å². The van der Waals surface area contributed by atoms with E-state index < -0.39 is 0 Å². The van der Waals surface area contributed by atoms with Crippen LogP contribution in [0.2, 0.25) is 0 Å². The van der Waals surface area contributed by atoms with E-state index in [1.165, 1.54) is 0 Å². The molecule has 5 nitrogen and oxygen atoms in total. The van der Waals surface area contributed by atoms with Crippen molar-refractivity contribution in [2.75, 3.05) is 11.9 Å². The lowest BCUT2D eigenvalue weighted by Gasteiger charge is -2.15. The summed E-state index contributed by atoms with van der Waals surface area (Å²) in [6.07, 6.45) is 1.62. The molecule has 0 atom stereocenters. The standard InChI is InChI=1S/C27H28N2O3/c1-7-31-26-18(5)27-22(17(4)19(6)32-27)14-21(26)15(2)12-25(30)29-24-13-16(3)28-23-11-9-8-10-20(23)24/h8-14H,7H2,1-6H3,(H,28,29,30)/b15-12+. The number of aryl methyl sites for hydroxylation is 4. The number of carbonyl (C=O) groups excluding carboxylic acids is 1. The van der Waals surface area contributed by atoms with Gasteiger partial charge in [0.25, 0.3) is 0 Å². The highest BCUT2D eigenvalue weighted by Crippen LogP contribution is 2.39. The number of anilines is 1. The number of hydrogen-bond acceptors (Lipinski definition) is 4. The molecule has 0 saturated heterocycles. The number of hydrogen-bond donors (Lipinski definition) is 1. The van der Waals surface area contributed by atoms with E-state index in [-0.39, 0.29) is 5.91 Å². The number of pyridine rings is 1. The number of amides is 1. The van der Waals surface area contributed by atoms with Gasteiger partial charge in [-0.25, -0.2) is 0 Å². The molecule has 0 aliphatic heterocycles. The average molecular weight is 429 g/mol. The fraction of sp³-hybridized carbons (Fsp3) is 0.259. The zero-order chi connectivity index (χ0) is 23.0. The van der Waals surface area contributed by atoms with Crippen molar-refractivity contribution in [3.05, 3.63) is 70.6 Å². The van der Waals surface area contributed by atoms with E-state index in [1.54, 1.807) is 6.08 Å². The number of allylic oxidation sites excluding steroid dienone is 1. The van der Waals surface area contributed by atoms with Gasteiger partial charge in [0.15, 0.2) is 0 Å². The third-order valence-corrected chi connectivity index (χ3v) is 5.81. The van der Waals surface area contributed by atoms with E-state index >= 15 is 0 Å². The molecule has 0 spiro atoms. The highest BCUT2D eigenvalue weighted by molar-refractivity contribution is 6.08. The topological polar surface area (TPSA) is 64.4 Å². The summed E-state index contributed by atoms with van der Waals surface area (Å²) in [4.78, 5) is 17.5. The molecule has 2 aromatic heterocycles. The van der Waals surface area contributed by atoms with Gasteiger partial charge in [0, 0.05) is 33.7 Å². The number of para-hydroxylation sites is 1. The van der Waals surface area contributed by atoms with E-state index in [2.05, 4.69) is 16.4 Å². The van der Waals surface area contributed by atoms with Crippen molar-refractivity contribution in [2.24, 2.45) is 0 Å². The van der Waals surface area contributed by atoms with E-state index in [0.29, 0.717) is 6.61 Å². The summed E-state index contributed by atoms with van der Waals surface area (Å²) in [7, 11) is 0. The molecule has 164 valence electrons. The zero-order valence-corrected chi connectivity index (χ0v) is 19.4. The summed E-state index contributed by atoms with van der Waals surface area (Å²) < 4.78 is 12.0. The lowest BCUT2D eigenvalue weighted by Crippen LogP contribution is -2.10. The summed E-state index contributed by atoms with van der Waals surface area (Å²) >= 11 is 0. The molecule has 4 aromatic rings. The molecular formula is C27H28N2O3. The Balaban J connectivity index is 1.75. The predicted octanol–water partition coefficient (Wildman–Crippen LogP) is 6.66. The second-order valence-corrected chi connectivity index (χ2v) is 8.12. The first kappa shape index (κ1) is 21.6. The number of nitrogens with zero attached hydrogens (tertiary/aromatic N) is 1. The molecule has 5 heteroatoms. The quantitative estimate of drug-likeness (QED) is 0.361. The molecule has 0 bridgehead atoms. The lowest BCUT2D eigenvalue weighted by molar-refractivity contribution is -0.111. The van der Waals surface area contributed by atoms with Gasteiger partial charge >= 0.3 is 0 Å². The Bertz CT molecular complexity index is 1380. The molecule has 0 fully saturated rings. The van der Waals surface area contributed by atoms with Crippen molar-refractivity contribution in [3.8, 4) is 5.75 Å². The highest BCUT2D eigenvalue weighted by atomic mass is 16.5. The number of aromatic nitrogens is 1. The summed E-state index contributed by atoms with van der Waals surface area (Å²) in [5.41, 5.74) is 7.06. The predicted molar refractivity (Wildman–Crippen MR) is 130 cm³/mol. The van der Waals surface area contributed by atoms with Crippen LogP contribution in [0.15, 0.2) is 46.9 Å². The first-order valence-electron chi connectivity index (χ1n) is 10.8. The van der Waals surface area contributed by atoms with Gasteiger partial charge in [0.2, 0.25) is 5.91 Å². The molecule has 2 heterocycles. The maximum Gasteiger partial charge on any atom is 0.248 e. The van der Waals surface area contributed by atoms with E-state index in [4.69, 9.17) is 9.15 Å². The summed E-state index contributed by atoms with van der Waals surface area (Å²) in [6.45, 7) is 12.3. The number of rotatable bonds is 5. The maximum absolute atomic E-state index is 13.0. The van der Waals surface area contributed by atoms with Crippen molar-refractivity contribution in [1.29, 1.82) is 0 Å². The second-order valence-electron chi connectivity index (χ2n) is 8.12. The number of carbonyl (C=O) groups is 1. The average Bonchev–Trinajstić information content (AvgIpc) is 3.04. The molecule has 0 aliphatic rings. The fourth-order valence-corrected chi connectivity index (χ4v) is 4.09. The lowest BCUT2D eigenvalue weighted by atomic mass is 9.98. The Morgan fingerprint density at radius 2 is 1.84 bits per heavy atom. The number of nitrogens with one attached hydrogen (secondary N) is 1. The summed E-state index contributed by atoms with van der Waals surface area (Å²) in [6, 6.07) is 11.7. The van der Waals surface area contributed by atoms with Crippen LogP contribution in [-0.2, 0) is 4.79 Å². The Hall–Kier alpha value is -3.60. The van der Waals surface area contributed by atoms with Crippen molar-refractivity contribution >= 4 is 39.0 Å². The summed E-state index contributed by atoms with van der Waals surface area (Å²) in [5.74, 6) is 1.45. The van der Waals surface area contributed by atoms with Crippen LogP contribution in [0.25, 0.3) is 27.4 Å². The molecule has 1 amide bonds. The van der Waals surface area contributed by atoms with Gasteiger partial charge in [-0.05, 0) is 70.9 Å². The van der Waals surface area contributed by atoms with Crippen molar-refractivity contribution < 1.29 is 13.9 Å². The number of ether oxygens (including phenoxy) is 1. The van der Waals surface area contributed by atoms with Gasteiger partial charge in [0.1, 0.15) is 17.1 Å². The van der Waals surface area contributed by atoms with E-state index in [0.717, 1.165) is 67.0 Å². The first-order valence-corrected chi connectivity index (χ1v) is 10.8. The van der Waals surface area contributed by atoms with Crippen LogP contribution in [0.4, 0.5) is 5.69 Å². The minimum atomic E-state index is -0.196. The van der Waals surface area contributed by atoms with Crippen LogP contribution in [0.5, 0.6) is 5.75 Å².